The summed E-state index contributed by atoms with van der Waals surface area (Å²) in [6.45, 7) is -0.426. The minimum absolute atomic E-state index is 0.0703. The van der Waals surface area contributed by atoms with Gasteiger partial charge in [0.05, 0.1) is 21.1 Å². The average Bonchev–Trinajstić information content (AvgIpc) is 2.55. The minimum atomic E-state index is -1.13. The van der Waals surface area contributed by atoms with Gasteiger partial charge < -0.3 is 10.1 Å². The smallest absolute Gasteiger partial charge is 0.259 e. The molecule has 1 N–H and O–H groups in total. The second kappa shape index (κ2) is 8.20. The lowest BCUT2D eigenvalue weighted by Gasteiger charge is -2.14. The second-order valence-corrected chi connectivity index (χ2v) is 5.86. The molecule has 2 aromatic rings. The molecule has 0 saturated heterocycles. The standard InChI is InChI=1S/C16H10Cl3FN2O2/c17-10-5-12(19)15(6-11(10)18)24-8-16(23)22-14(7-21)9-3-1-2-4-13(9)20/h1-6,14H,8H2,(H,22,23). The van der Waals surface area contributed by atoms with Gasteiger partial charge in [0.15, 0.2) is 6.61 Å². The number of nitriles is 1. The van der Waals surface area contributed by atoms with E-state index in [1.54, 1.807) is 6.07 Å². The Bertz CT molecular complexity index is 808. The predicted molar refractivity (Wildman–Crippen MR) is 89.9 cm³/mol. The highest BCUT2D eigenvalue weighted by Gasteiger charge is 2.18. The lowest BCUT2D eigenvalue weighted by molar-refractivity contribution is -0.123. The van der Waals surface area contributed by atoms with Crippen LogP contribution < -0.4 is 10.1 Å². The van der Waals surface area contributed by atoms with Crippen LogP contribution >= 0.6 is 34.8 Å². The summed E-state index contributed by atoms with van der Waals surface area (Å²) in [6, 6.07) is 9.13. The average molecular weight is 388 g/mol. The van der Waals surface area contributed by atoms with Gasteiger partial charge >= 0.3 is 0 Å². The minimum Gasteiger partial charge on any atom is -0.482 e. The fourth-order valence-electron chi connectivity index (χ4n) is 1.85. The molecule has 24 heavy (non-hydrogen) atoms. The summed E-state index contributed by atoms with van der Waals surface area (Å²) in [5, 5.41) is 12.2. The van der Waals surface area contributed by atoms with Crippen molar-refractivity contribution in [3.05, 3.63) is 62.8 Å². The number of rotatable bonds is 5. The van der Waals surface area contributed by atoms with Crippen molar-refractivity contribution in [1.29, 1.82) is 5.26 Å². The van der Waals surface area contributed by atoms with Crippen LogP contribution in [0.5, 0.6) is 5.75 Å². The maximum Gasteiger partial charge on any atom is 0.259 e. The van der Waals surface area contributed by atoms with Crippen LogP contribution in [0.3, 0.4) is 0 Å². The Labute approximate surface area is 152 Å². The normalized spacial score (nSPS) is 11.5. The van der Waals surface area contributed by atoms with Crippen molar-refractivity contribution >= 4 is 40.7 Å². The van der Waals surface area contributed by atoms with Crippen LogP contribution in [0.25, 0.3) is 0 Å². The van der Waals surface area contributed by atoms with E-state index in [2.05, 4.69) is 5.32 Å². The van der Waals surface area contributed by atoms with E-state index in [-0.39, 0.29) is 26.4 Å². The predicted octanol–water partition coefficient (Wildman–Crippen LogP) is 4.55. The summed E-state index contributed by atoms with van der Waals surface area (Å²) >= 11 is 17.6. The molecule has 0 fully saturated rings. The van der Waals surface area contributed by atoms with Crippen molar-refractivity contribution in [2.24, 2.45) is 0 Å². The molecule has 0 aliphatic rings. The third kappa shape index (κ3) is 4.51. The van der Waals surface area contributed by atoms with Gasteiger partial charge in [0, 0.05) is 11.6 Å². The Morgan fingerprint density at radius 1 is 1.21 bits per heavy atom. The van der Waals surface area contributed by atoms with Crippen molar-refractivity contribution in [3.8, 4) is 11.8 Å². The van der Waals surface area contributed by atoms with Crippen LogP contribution in [0.1, 0.15) is 11.6 Å². The van der Waals surface area contributed by atoms with Crippen LogP contribution in [0.15, 0.2) is 36.4 Å². The van der Waals surface area contributed by atoms with Gasteiger partial charge in [-0.15, -0.1) is 0 Å². The van der Waals surface area contributed by atoms with E-state index >= 15 is 0 Å². The largest absolute Gasteiger partial charge is 0.482 e. The highest BCUT2D eigenvalue weighted by atomic mass is 35.5. The monoisotopic (exact) mass is 386 g/mol. The summed E-state index contributed by atoms with van der Waals surface area (Å²) in [7, 11) is 0. The number of hydrogen-bond acceptors (Lipinski definition) is 3. The Balaban J connectivity index is 2.02. The SMILES string of the molecule is N#CC(NC(=O)COc1cc(Cl)c(Cl)cc1Cl)c1ccccc1F. The zero-order chi connectivity index (χ0) is 17.7. The molecule has 2 aromatic carbocycles. The molecule has 1 atom stereocenters. The highest BCUT2D eigenvalue weighted by Crippen LogP contribution is 2.33. The second-order valence-electron chi connectivity index (χ2n) is 4.64. The highest BCUT2D eigenvalue weighted by molar-refractivity contribution is 6.43. The molecular formula is C16H10Cl3FN2O2. The van der Waals surface area contributed by atoms with E-state index in [0.717, 1.165) is 0 Å². The fraction of sp³-hybridized carbons (Fsp3) is 0.125. The molecule has 0 aliphatic heterocycles. The third-order valence-corrected chi connectivity index (χ3v) is 4.00. The molecule has 124 valence electrons. The summed E-state index contributed by atoms with van der Waals surface area (Å²) in [4.78, 5) is 11.9. The lowest BCUT2D eigenvalue weighted by Crippen LogP contribution is -2.32. The summed E-state index contributed by atoms with van der Waals surface area (Å²) < 4.78 is 18.9. The lowest BCUT2D eigenvalue weighted by atomic mass is 10.1. The van der Waals surface area contributed by atoms with Gasteiger partial charge in [-0.2, -0.15) is 5.26 Å². The van der Waals surface area contributed by atoms with Gasteiger partial charge in [0.1, 0.15) is 17.6 Å². The molecule has 4 nitrogen and oxygen atoms in total. The number of amides is 1. The topological polar surface area (TPSA) is 62.1 Å². The number of halogens is 4. The Kier molecular flexibility index (Phi) is 6.27. The van der Waals surface area contributed by atoms with Crippen molar-refractivity contribution in [2.45, 2.75) is 6.04 Å². The number of nitrogens with one attached hydrogen (secondary N) is 1. The van der Waals surface area contributed by atoms with Crippen molar-refractivity contribution in [2.75, 3.05) is 6.61 Å². The molecule has 0 spiro atoms. The van der Waals surface area contributed by atoms with E-state index in [1.807, 2.05) is 6.07 Å². The maximum atomic E-state index is 13.7. The van der Waals surface area contributed by atoms with E-state index in [9.17, 15) is 9.18 Å². The summed E-state index contributed by atoms with van der Waals surface area (Å²) in [5.74, 6) is -1.04. The molecule has 1 amide bonds. The Morgan fingerprint density at radius 2 is 1.88 bits per heavy atom. The molecule has 0 aliphatic carbocycles. The van der Waals surface area contributed by atoms with E-state index < -0.39 is 24.4 Å². The Hall–Kier alpha value is -2.00. The first-order valence-electron chi connectivity index (χ1n) is 6.63. The van der Waals surface area contributed by atoms with Crippen LogP contribution in [-0.4, -0.2) is 12.5 Å². The van der Waals surface area contributed by atoms with Crippen LogP contribution in [-0.2, 0) is 4.79 Å². The summed E-state index contributed by atoms with van der Waals surface area (Å²) in [5.41, 5.74) is 0.0703. The molecule has 2 rings (SSSR count). The van der Waals surface area contributed by atoms with Crippen LogP contribution in [0, 0.1) is 17.1 Å². The number of benzene rings is 2. The fourth-order valence-corrected chi connectivity index (χ4v) is 2.44. The quantitative estimate of drug-likeness (QED) is 0.766. The van der Waals surface area contributed by atoms with E-state index in [4.69, 9.17) is 44.8 Å². The van der Waals surface area contributed by atoms with Crippen LogP contribution in [0.2, 0.25) is 15.1 Å². The molecule has 0 bridgehead atoms. The van der Waals surface area contributed by atoms with Gasteiger partial charge in [-0.1, -0.05) is 53.0 Å². The molecule has 1 unspecified atom stereocenters. The zero-order valence-electron chi connectivity index (χ0n) is 12.0. The number of ether oxygens (including phenoxy) is 1. The van der Waals surface area contributed by atoms with Crippen molar-refractivity contribution in [3.63, 3.8) is 0 Å². The molecular weight excluding hydrogens is 378 g/mol. The molecule has 0 saturated carbocycles. The third-order valence-electron chi connectivity index (χ3n) is 2.98. The molecule has 0 radical (unpaired) electrons. The van der Waals surface area contributed by atoms with Crippen molar-refractivity contribution < 1.29 is 13.9 Å². The van der Waals surface area contributed by atoms with E-state index in [1.165, 1.54) is 30.3 Å². The number of nitrogens with zero attached hydrogens (tertiary/aromatic N) is 1. The molecule has 0 heterocycles. The van der Waals surface area contributed by atoms with Gasteiger partial charge in [-0.3, -0.25) is 4.79 Å². The Morgan fingerprint density at radius 3 is 2.54 bits per heavy atom. The van der Waals surface area contributed by atoms with Gasteiger partial charge in [-0.25, -0.2) is 4.39 Å². The van der Waals surface area contributed by atoms with Gasteiger partial charge in [-0.05, 0) is 12.1 Å². The number of hydrogen-bond donors (Lipinski definition) is 1. The zero-order valence-corrected chi connectivity index (χ0v) is 14.3. The molecule has 0 aromatic heterocycles. The first-order valence-corrected chi connectivity index (χ1v) is 7.76. The molecule has 8 heteroatoms. The van der Waals surface area contributed by atoms with Crippen LogP contribution in [0.4, 0.5) is 4.39 Å². The van der Waals surface area contributed by atoms with E-state index in [0.29, 0.717) is 0 Å². The number of carbonyl (C=O) groups is 1. The van der Waals surface area contributed by atoms with Gasteiger partial charge in [0.2, 0.25) is 0 Å². The maximum absolute atomic E-state index is 13.7. The van der Waals surface area contributed by atoms with Crippen molar-refractivity contribution in [1.82, 2.24) is 5.32 Å². The summed E-state index contributed by atoms with van der Waals surface area (Å²) in [6.07, 6.45) is 0. The first-order chi connectivity index (χ1) is 11.4. The van der Waals surface area contributed by atoms with Gasteiger partial charge in [0.25, 0.3) is 5.91 Å². The first kappa shape index (κ1) is 18.3. The number of carbonyl (C=O) groups excluding carboxylic acids is 1.